The van der Waals surface area contributed by atoms with Gasteiger partial charge in [-0.3, -0.25) is 4.79 Å². The third kappa shape index (κ3) is 4.69. The summed E-state index contributed by atoms with van der Waals surface area (Å²) in [6.07, 6.45) is 0.358. The fourth-order valence-corrected chi connectivity index (χ4v) is 5.54. The van der Waals surface area contributed by atoms with Gasteiger partial charge in [0.2, 0.25) is 0 Å². The van der Waals surface area contributed by atoms with Crippen LogP contribution in [-0.2, 0) is 19.5 Å². The largest absolute Gasteiger partial charge is 0.511 e. The van der Waals surface area contributed by atoms with Crippen molar-refractivity contribution in [3.05, 3.63) is 112 Å². The molecule has 200 valence electrons. The predicted octanol–water partition coefficient (Wildman–Crippen LogP) is 7.57. The van der Waals surface area contributed by atoms with Crippen molar-refractivity contribution < 1.29 is 19.4 Å². The van der Waals surface area contributed by atoms with E-state index in [1.807, 2.05) is 72.8 Å². The van der Waals surface area contributed by atoms with E-state index in [0.29, 0.717) is 29.2 Å². The highest BCUT2D eigenvalue weighted by Gasteiger charge is 2.29. The van der Waals surface area contributed by atoms with Gasteiger partial charge in [-0.15, -0.1) is 0 Å². The zero-order valence-electron chi connectivity index (χ0n) is 21.8. The van der Waals surface area contributed by atoms with E-state index in [4.69, 9.17) is 26.4 Å². The molecule has 0 radical (unpaired) electrons. The van der Waals surface area contributed by atoms with Crippen LogP contribution in [0.5, 0.6) is 5.75 Å². The van der Waals surface area contributed by atoms with Crippen molar-refractivity contribution in [3.63, 3.8) is 0 Å². The van der Waals surface area contributed by atoms with E-state index in [9.17, 15) is 9.59 Å². The van der Waals surface area contributed by atoms with Crippen molar-refractivity contribution in [2.45, 2.75) is 32.9 Å². The number of carbonyl (C=O) groups excluding carboxylic acids is 1. The quantitative estimate of drug-likeness (QED) is 0.166. The van der Waals surface area contributed by atoms with Gasteiger partial charge >= 0.3 is 6.16 Å². The van der Waals surface area contributed by atoms with Crippen LogP contribution in [0.3, 0.4) is 0 Å². The van der Waals surface area contributed by atoms with Crippen molar-refractivity contribution in [2.24, 2.45) is 0 Å². The molecular formula is C32H26ClN3O4. The fraction of sp³-hybridized carbons (Fsp3) is 0.156. The lowest BCUT2D eigenvalue weighted by atomic mass is 10.0. The monoisotopic (exact) mass is 551 g/mol. The molecule has 0 saturated carbocycles. The molecule has 7 nitrogen and oxygen atoms in total. The summed E-state index contributed by atoms with van der Waals surface area (Å²) in [6.45, 7) is 3.18. The van der Waals surface area contributed by atoms with Crippen LogP contribution in [0, 0.1) is 0 Å². The minimum atomic E-state index is -1.35. The van der Waals surface area contributed by atoms with Crippen LogP contribution in [0.25, 0.3) is 22.2 Å². The van der Waals surface area contributed by atoms with Crippen LogP contribution in [0.2, 0.25) is 5.02 Å². The Morgan fingerprint density at radius 3 is 2.45 bits per heavy atom. The Hall–Kier alpha value is -4.62. The Morgan fingerprint density at radius 1 is 1.00 bits per heavy atom. The maximum Gasteiger partial charge on any atom is 0.511 e. The molecule has 40 heavy (non-hydrogen) atoms. The van der Waals surface area contributed by atoms with Gasteiger partial charge in [0.15, 0.2) is 0 Å². The SMILES string of the molecule is CCCc1nc2c(Cl)cc(N3Cc4ccccc4C3=O)cc2n1Cc1ccc(-c2ccccc2OC(=O)O)cc1. The maximum atomic E-state index is 13.2. The summed E-state index contributed by atoms with van der Waals surface area (Å²) >= 11 is 6.76. The summed E-state index contributed by atoms with van der Waals surface area (Å²) in [7, 11) is 0. The first-order valence-electron chi connectivity index (χ1n) is 13.1. The second-order valence-electron chi connectivity index (χ2n) is 9.77. The fourth-order valence-electron chi connectivity index (χ4n) is 5.29. The normalized spacial score (nSPS) is 12.7. The number of anilines is 1. The minimum absolute atomic E-state index is 0.0337. The molecule has 0 aliphatic carbocycles. The summed E-state index contributed by atoms with van der Waals surface area (Å²) in [5.41, 5.74) is 6.64. The van der Waals surface area contributed by atoms with Crippen molar-refractivity contribution in [2.75, 3.05) is 4.90 Å². The smallest absolute Gasteiger partial charge is 0.449 e. The molecule has 1 amide bonds. The van der Waals surface area contributed by atoms with Gasteiger partial charge in [0.05, 0.1) is 17.1 Å². The van der Waals surface area contributed by atoms with Crippen molar-refractivity contribution in [1.82, 2.24) is 9.55 Å². The highest BCUT2D eigenvalue weighted by molar-refractivity contribution is 6.35. The lowest BCUT2D eigenvalue weighted by Crippen LogP contribution is -2.23. The summed E-state index contributed by atoms with van der Waals surface area (Å²) < 4.78 is 7.13. The average molecular weight is 552 g/mol. The van der Waals surface area contributed by atoms with E-state index >= 15 is 0 Å². The zero-order valence-corrected chi connectivity index (χ0v) is 22.6. The van der Waals surface area contributed by atoms with Crippen LogP contribution in [0.1, 0.15) is 40.7 Å². The Balaban J connectivity index is 1.36. The van der Waals surface area contributed by atoms with Crippen molar-refractivity contribution >= 4 is 40.4 Å². The molecule has 0 atom stereocenters. The molecule has 8 heteroatoms. The molecule has 0 fully saturated rings. The molecule has 1 N–H and O–H groups in total. The number of carbonyl (C=O) groups is 2. The number of hydrogen-bond donors (Lipinski definition) is 1. The van der Waals surface area contributed by atoms with Crippen molar-refractivity contribution in [1.29, 1.82) is 0 Å². The van der Waals surface area contributed by atoms with Gasteiger partial charge in [0.1, 0.15) is 17.1 Å². The number of carboxylic acid groups (broad SMARTS) is 1. The standard InChI is InChI=1S/C32H26ClN3O4/c1-2-7-29-34-30-26(33)16-23(35-19-22-8-3-4-10-25(22)31(35)37)17-27(30)36(29)18-20-12-14-21(15-13-20)24-9-5-6-11-28(24)40-32(38)39/h3-6,8-17H,2,7,18-19H2,1H3,(H,38,39). The van der Waals surface area contributed by atoms with E-state index < -0.39 is 6.16 Å². The van der Waals surface area contributed by atoms with E-state index in [-0.39, 0.29) is 11.7 Å². The third-order valence-electron chi connectivity index (χ3n) is 7.17. The highest BCUT2D eigenvalue weighted by Crippen LogP contribution is 2.35. The minimum Gasteiger partial charge on any atom is -0.449 e. The molecule has 6 rings (SSSR count). The second-order valence-corrected chi connectivity index (χ2v) is 10.2. The number of ether oxygens (including phenoxy) is 1. The van der Waals surface area contributed by atoms with Gasteiger partial charge in [-0.1, -0.05) is 79.2 Å². The number of para-hydroxylation sites is 1. The van der Waals surface area contributed by atoms with E-state index in [0.717, 1.165) is 52.1 Å². The van der Waals surface area contributed by atoms with Gasteiger partial charge in [-0.2, -0.15) is 0 Å². The molecule has 0 bridgehead atoms. The van der Waals surface area contributed by atoms with E-state index in [1.165, 1.54) is 0 Å². The van der Waals surface area contributed by atoms with Gasteiger partial charge < -0.3 is 19.3 Å². The summed E-state index contributed by atoms with van der Waals surface area (Å²) in [5.74, 6) is 1.18. The van der Waals surface area contributed by atoms with Crippen LogP contribution in [0.15, 0.2) is 84.9 Å². The van der Waals surface area contributed by atoms with Gasteiger partial charge in [-0.25, -0.2) is 9.78 Å². The number of amides is 1. The number of fused-ring (bicyclic) bond motifs is 2. The summed E-state index contributed by atoms with van der Waals surface area (Å²) in [4.78, 5) is 30.9. The molecule has 0 spiro atoms. The molecule has 0 unspecified atom stereocenters. The summed E-state index contributed by atoms with van der Waals surface area (Å²) in [6, 6.07) is 26.5. The number of aryl methyl sites for hydroxylation is 1. The first-order chi connectivity index (χ1) is 19.4. The number of nitrogens with zero attached hydrogens (tertiary/aromatic N) is 3. The third-order valence-corrected chi connectivity index (χ3v) is 7.46. The van der Waals surface area contributed by atoms with Gasteiger partial charge in [0, 0.05) is 29.8 Å². The van der Waals surface area contributed by atoms with Gasteiger partial charge in [-0.05, 0) is 47.4 Å². The highest BCUT2D eigenvalue weighted by atomic mass is 35.5. The molecular weight excluding hydrogens is 526 g/mol. The number of halogens is 1. The summed E-state index contributed by atoms with van der Waals surface area (Å²) in [5, 5.41) is 9.60. The maximum absolute atomic E-state index is 13.2. The van der Waals surface area contributed by atoms with Crippen LogP contribution in [-0.4, -0.2) is 26.7 Å². The molecule has 1 aliphatic rings. The number of rotatable bonds is 7. The first kappa shape index (κ1) is 25.6. The Labute approximate surface area is 236 Å². The Kier molecular flexibility index (Phi) is 6.74. The lowest BCUT2D eigenvalue weighted by molar-refractivity contribution is 0.0996. The Morgan fingerprint density at radius 2 is 1.73 bits per heavy atom. The first-order valence-corrected chi connectivity index (χ1v) is 13.5. The van der Waals surface area contributed by atoms with Crippen LogP contribution < -0.4 is 9.64 Å². The van der Waals surface area contributed by atoms with E-state index in [1.54, 1.807) is 17.0 Å². The Bertz CT molecular complexity index is 1760. The molecule has 2 heterocycles. The van der Waals surface area contributed by atoms with Crippen LogP contribution >= 0.6 is 11.6 Å². The molecule has 1 aliphatic heterocycles. The number of imidazole rings is 1. The lowest BCUT2D eigenvalue weighted by Gasteiger charge is -2.17. The molecule has 1 aromatic heterocycles. The molecule has 0 saturated heterocycles. The second kappa shape index (κ2) is 10.5. The predicted molar refractivity (Wildman–Crippen MR) is 155 cm³/mol. The van der Waals surface area contributed by atoms with Gasteiger partial charge in [0.25, 0.3) is 5.91 Å². The molecule has 4 aromatic carbocycles. The number of benzene rings is 4. The van der Waals surface area contributed by atoms with Crippen molar-refractivity contribution in [3.8, 4) is 16.9 Å². The van der Waals surface area contributed by atoms with E-state index in [2.05, 4.69) is 11.5 Å². The molecule has 5 aromatic rings. The zero-order chi connectivity index (χ0) is 27.8. The number of aromatic nitrogens is 2. The topological polar surface area (TPSA) is 84.7 Å². The average Bonchev–Trinajstić information content (AvgIpc) is 3.47. The van der Waals surface area contributed by atoms with Crippen LogP contribution in [0.4, 0.5) is 10.5 Å². The number of hydrogen-bond acceptors (Lipinski definition) is 4.